The van der Waals surface area contributed by atoms with Gasteiger partial charge in [-0.3, -0.25) is 0 Å². The molecule has 3 heteroatoms. The summed E-state index contributed by atoms with van der Waals surface area (Å²) in [5, 5.41) is 11.6. The summed E-state index contributed by atoms with van der Waals surface area (Å²) in [5.41, 5.74) is 0. The Bertz CT molecular complexity index is 93.6. The first-order valence-electron chi connectivity index (χ1n) is 3.81. The topological polar surface area (TPSA) is 32.3 Å². The predicted octanol–water partition coefficient (Wildman–Crippen LogP) is 0.459. The normalized spacial score (nSPS) is 28.8. The average molecular weight is 147 g/mol. The molecule has 0 radical (unpaired) electrons. The van der Waals surface area contributed by atoms with E-state index in [1.807, 2.05) is 0 Å². The standard InChI is InChI=1S/C7H14FNO/c8-6(5-10)4-7-2-1-3-9-7/h6-7,9-10H,1-5H2. The van der Waals surface area contributed by atoms with Crippen LogP contribution in [-0.4, -0.2) is 30.5 Å². The number of aliphatic hydroxyl groups excluding tert-OH is 1. The Balaban J connectivity index is 2.11. The van der Waals surface area contributed by atoms with Gasteiger partial charge in [0.15, 0.2) is 0 Å². The van der Waals surface area contributed by atoms with Crippen molar-refractivity contribution < 1.29 is 9.50 Å². The van der Waals surface area contributed by atoms with Crippen molar-refractivity contribution in [3.63, 3.8) is 0 Å². The van der Waals surface area contributed by atoms with Crippen molar-refractivity contribution in [3.05, 3.63) is 0 Å². The Hall–Kier alpha value is -0.150. The molecule has 0 saturated carbocycles. The van der Waals surface area contributed by atoms with Gasteiger partial charge in [-0.2, -0.15) is 0 Å². The first-order valence-corrected chi connectivity index (χ1v) is 3.81. The van der Waals surface area contributed by atoms with E-state index in [4.69, 9.17) is 5.11 Å². The molecule has 0 aromatic carbocycles. The summed E-state index contributed by atoms with van der Waals surface area (Å²) < 4.78 is 12.5. The lowest BCUT2D eigenvalue weighted by Crippen LogP contribution is -2.26. The molecule has 1 rings (SSSR count). The van der Waals surface area contributed by atoms with Crippen molar-refractivity contribution in [3.8, 4) is 0 Å². The summed E-state index contributed by atoms with van der Waals surface area (Å²) in [6, 6.07) is 0.308. The van der Waals surface area contributed by atoms with Crippen molar-refractivity contribution >= 4 is 0 Å². The first-order chi connectivity index (χ1) is 4.83. The summed E-state index contributed by atoms with van der Waals surface area (Å²) in [5.74, 6) is 0. The minimum Gasteiger partial charge on any atom is -0.393 e. The monoisotopic (exact) mass is 147 g/mol. The van der Waals surface area contributed by atoms with Crippen LogP contribution >= 0.6 is 0 Å². The summed E-state index contributed by atoms with van der Waals surface area (Å²) in [6.45, 7) is 0.668. The van der Waals surface area contributed by atoms with Crippen molar-refractivity contribution in [2.24, 2.45) is 0 Å². The van der Waals surface area contributed by atoms with Gasteiger partial charge in [-0.05, 0) is 25.8 Å². The molecule has 0 spiro atoms. The third kappa shape index (κ3) is 2.23. The highest BCUT2D eigenvalue weighted by molar-refractivity contribution is 4.76. The van der Waals surface area contributed by atoms with Crippen LogP contribution in [0.1, 0.15) is 19.3 Å². The minimum atomic E-state index is -1.03. The zero-order valence-corrected chi connectivity index (χ0v) is 6.02. The van der Waals surface area contributed by atoms with Gasteiger partial charge >= 0.3 is 0 Å². The number of rotatable bonds is 3. The number of hydrogen-bond acceptors (Lipinski definition) is 2. The summed E-state index contributed by atoms with van der Waals surface area (Å²) in [4.78, 5) is 0. The van der Waals surface area contributed by atoms with Crippen molar-refractivity contribution in [1.82, 2.24) is 5.32 Å². The Morgan fingerprint density at radius 1 is 1.70 bits per heavy atom. The second kappa shape index (κ2) is 3.88. The maximum Gasteiger partial charge on any atom is 0.125 e. The molecule has 60 valence electrons. The van der Waals surface area contributed by atoms with Crippen LogP contribution < -0.4 is 5.32 Å². The fourth-order valence-corrected chi connectivity index (χ4v) is 1.34. The molecule has 0 aromatic rings. The third-order valence-corrected chi connectivity index (χ3v) is 1.90. The van der Waals surface area contributed by atoms with Gasteiger partial charge < -0.3 is 10.4 Å². The quantitative estimate of drug-likeness (QED) is 0.607. The summed E-state index contributed by atoms with van der Waals surface area (Å²) in [6.07, 6.45) is 1.63. The van der Waals surface area contributed by atoms with Gasteiger partial charge in [0.05, 0.1) is 6.61 Å². The van der Waals surface area contributed by atoms with Crippen molar-refractivity contribution in [2.75, 3.05) is 13.2 Å². The molecule has 0 aliphatic carbocycles. The van der Waals surface area contributed by atoms with Crippen molar-refractivity contribution in [2.45, 2.75) is 31.5 Å². The zero-order valence-electron chi connectivity index (χ0n) is 6.02. The molecular formula is C7H14FNO. The molecule has 2 unspecified atom stereocenters. The molecule has 10 heavy (non-hydrogen) atoms. The van der Waals surface area contributed by atoms with E-state index in [1.54, 1.807) is 0 Å². The predicted molar refractivity (Wildman–Crippen MR) is 37.6 cm³/mol. The second-order valence-electron chi connectivity index (χ2n) is 2.81. The van der Waals surface area contributed by atoms with E-state index in [2.05, 4.69) is 5.32 Å². The Morgan fingerprint density at radius 2 is 2.50 bits per heavy atom. The lowest BCUT2D eigenvalue weighted by atomic mass is 10.1. The highest BCUT2D eigenvalue weighted by Gasteiger charge is 2.17. The fraction of sp³-hybridized carbons (Fsp3) is 1.00. The summed E-state index contributed by atoms with van der Waals surface area (Å²) in [7, 11) is 0. The molecule has 0 bridgehead atoms. The average Bonchev–Trinajstić information content (AvgIpc) is 2.40. The van der Waals surface area contributed by atoms with Crippen LogP contribution in [0.15, 0.2) is 0 Å². The molecule has 0 aromatic heterocycles. The van der Waals surface area contributed by atoms with Crippen LogP contribution in [0.2, 0.25) is 0 Å². The highest BCUT2D eigenvalue weighted by atomic mass is 19.1. The fourth-order valence-electron chi connectivity index (χ4n) is 1.34. The highest BCUT2D eigenvalue weighted by Crippen LogP contribution is 2.12. The molecule has 2 nitrogen and oxygen atoms in total. The molecule has 1 fully saturated rings. The SMILES string of the molecule is OCC(F)CC1CCCN1. The van der Waals surface area contributed by atoms with Crippen LogP contribution in [-0.2, 0) is 0 Å². The van der Waals surface area contributed by atoms with Gasteiger partial charge in [0.2, 0.25) is 0 Å². The molecule has 2 atom stereocenters. The minimum absolute atomic E-state index is 0.308. The molecule has 1 heterocycles. The molecule has 1 saturated heterocycles. The maximum absolute atomic E-state index is 12.5. The van der Waals surface area contributed by atoms with E-state index < -0.39 is 6.17 Å². The number of halogens is 1. The number of alkyl halides is 1. The Morgan fingerprint density at radius 3 is 3.00 bits per heavy atom. The van der Waals surface area contributed by atoms with Gasteiger partial charge in [-0.1, -0.05) is 0 Å². The van der Waals surface area contributed by atoms with Crippen LogP contribution in [0.5, 0.6) is 0 Å². The van der Waals surface area contributed by atoms with E-state index in [1.165, 1.54) is 0 Å². The molecule has 1 aliphatic rings. The molecular weight excluding hydrogens is 133 g/mol. The van der Waals surface area contributed by atoms with Gasteiger partial charge in [0.25, 0.3) is 0 Å². The summed E-state index contributed by atoms with van der Waals surface area (Å²) >= 11 is 0. The van der Waals surface area contributed by atoms with Gasteiger partial charge in [-0.25, -0.2) is 4.39 Å². The van der Waals surface area contributed by atoms with E-state index >= 15 is 0 Å². The second-order valence-corrected chi connectivity index (χ2v) is 2.81. The van der Waals surface area contributed by atoms with Crippen LogP contribution in [0.3, 0.4) is 0 Å². The number of nitrogens with one attached hydrogen (secondary N) is 1. The van der Waals surface area contributed by atoms with Gasteiger partial charge in [0, 0.05) is 6.04 Å². The van der Waals surface area contributed by atoms with E-state index in [9.17, 15) is 4.39 Å². The Labute approximate surface area is 60.4 Å². The number of aliphatic hydroxyl groups is 1. The van der Waals surface area contributed by atoms with Gasteiger partial charge in [0.1, 0.15) is 6.17 Å². The lowest BCUT2D eigenvalue weighted by molar-refractivity contribution is 0.161. The van der Waals surface area contributed by atoms with Crippen molar-refractivity contribution in [1.29, 1.82) is 0 Å². The smallest absolute Gasteiger partial charge is 0.125 e. The molecule has 2 N–H and O–H groups in total. The lowest BCUT2D eigenvalue weighted by Gasteiger charge is -2.11. The van der Waals surface area contributed by atoms with Crippen LogP contribution in [0.25, 0.3) is 0 Å². The zero-order chi connectivity index (χ0) is 7.40. The van der Waals surface area contributed by atoms with E-state index in [0.29, 0.717) is 12.5 Å². The van der Waals surface area contributed by atoms with Crippen LogP contribution in [0, 0.1) is 0 Å². The first kappa shape index (κ1) is 7.95. The largest absolute Gasteiger partial charge is 0.393 e. The van der Waals surface area contributed by atoms with E-state index in [0.717, 1.165) is 19.4 Å². The van der Waals surface area contributed by atoms with E-state index in [-0.39, 0.29) is 6.61 Å². The maximum atomic E-state index is 12.5. The number of hydrogen-bond donors (Lipinski definition) is 2. The Kier molecular flexibility index (Phi) is 3.09. The van der Waals surface area contributed by atoms with Gasteiger partial charge in [-0.15, -0.1) is 0 Å². The molecule has 1 aliphatic heterocycles. The molecule has 0 amide bonds. The van der Waals surface area contributed by atoms with Crippen LogP contribution in [0.4, 0.5) is 4.39 Å². The third-order valence-electron chi connectivity index (χ3n) is 1.90.